The van der Waals surface area contributed by atoms with Gasteiger partial charge in [0.25, 0.3) is 0 Å². The molecule has 2 aromatic heterocycles. The van der Waals surface area contributed by atoms with Gasteiger partial charge in [0.2, 0.25) is 5.91 Å². The summed E-state index contributed by atoms with van der Waals surface area (Å²) in [6.07, 6.45) is 0.563. The van der Waals surface area contributed by atoms with Crippen molar-refractivity contribution < 1.29 is 14.1 Å². The van der Waals surface area contributed by atoms with Crippen molar-refractivity contribution in [1.29, 1.82) is 0 Å². The first kappa shape index (κ1) is 19.7. The zero-order chi connectivity index (χ0) is 21.3. The molecule has 1 aliphatic rings. The number of amides is 1. The van der Waals surface area contributed by atoms with Crippen molar-refractivity contribution in [1.82, 2.24) is 19.6 Å². The first-order valence-electron chi connectivity index (χ1n) is 9.66. The number of hydrogen-bond donors (Lipinski definition) is 1. The van der Waals surface area contributed by atoms with Crippen LogP contribution in [0, 0.1) is 13.8 Å². The molecule has 1 amide bonds. The van der Waals surface area contributed by atoms with Gasteiger partial charge in [0.05, 0.1) is 19.2 Å². The Balaban J connectivity index is 1.51. The number of fused-ring (bicyclic) bond motifs is 1. The number of benzene rings is 1. The third-order valence-corrected chi connectivity index (χ3v) is 5.15. The molecule has 1 N–H and O–H groups in total. The SMILES string of the molecule is COc1cccc(Nc2noc3c2CN(C(=O)Cn2c(C)cc(C)nc2=O)CC3)c1. The number of methoxy groups -OCH3 is 1. The van der Waals surface area contributed by atoms with E-state index in [0.29, 0.717) is 36.7 Å². The lowest BCUT2D eigenvalue weighted by Gasteiger charge is -2.26. The fourth-order valence-corrected chi connectivity index (χ4v) is 3.56. The molecular formula is C21H23N5O4. The van der Waals surface area contributed by atoms with Gasteiger partial charge < -0.3 is 19.5 Å². The Morgan fingerprint density at radius 1 is 1.30 bits per heavy atom. The summed E-state index contributed by atoms with van der Waals surface area (Å²) in [6.45, 7) is 4.38. The fourth-order valence-electron chi connectivity index (χ4n) is 3.56. The van der Waals surface area contributed by atoms with E-state index in [2.05, 4.69) is 15.5 Å². The second kappa shape index (κ2) is 8.02. The summed E-state index contributed by atoms with van der Waals surface area (Å²) in [5.41, 5.74) is 2.58. The van der Waals surface area contributed by atoms with Gasteiger partial charge in [0, 0.05) is 36.1 Å². The van der Waals surface area contributed by atoms with E-state index in [4.69, 9.17) is 9.26 Å². The van der Waals surface area contributed by atoms with Gasteiger partial charge in [0.15, 0.2) is 5.82 Å². The quantitative estimate of drug-likeness (QED) is 0.689. The van der Waals surface area contributed by atoms with Crippen LogP contribution in [0.15, 0.2) is 39.6 Å². The number of carbonyl (C=O) groups excluding carboxylic acids is 1. The predicted octanol–water partition coefficient (Wildman–Crippen LogP) is 2.19. The summed E-state index contributed by atoms with van der Waals surface area (Å²) in [7, 11) is 1.61. The maximum atomic E-state index is 12.9. The van der Waals surface area contributed by atoms with Gasteiger partial charge in [-0.3, -0.25) is 9.36 Å². The highest BCUT2D eigenvalue weighted by atomic mass is 16.5. The minimum Gasteiger partial charge on any atom is -0.497 e. The van der Waals surface area contributed by atoms with Crippen LogP contribution in [-0.4, -0.2) is 39.2 Å². The largest absolute Gasteiger partial charge is 0.497 e. The lowest BCUT2D eigenvalue weighted by Crippen LogP contribution is -2.40. The summed E-state index contributed by atoms with van der Waals surface area (Å²) in [4.78, 5) is 30.7. The summed E-state index contributed by atoms with van der Waals surface area (Å²) < 4.78 is 12.1. The monoisotopic (exact) mass is 409 g/mol. The molecule has 156 valence electrons. The molecule has 9 heteroatoms. The number of aryl methyl sites for hydroxylation is 2. The van der Waals surface area contributed by atoms with E-state index in [9.17, 15) is 9.59 Å². The van der Waals surface area contributed by atoms with Crippen LogP contribution in [0.25, 0.3) is 0 Å². The Morgan fingerprint density at radius 3 is 2.90 bits per heavy atom. The Bertz CT molecular complexity index is 1150. The number of aromatic nitrogens is 3. The average Bonchev–Trinajstić information content (AvgIpc) is 3.12. The summed E-state index contributed by atoms with van der Waals surface area (Å²) >= 11 is 0. The molecule has 4 rings (SSSR count). The van der Waals surface area contributed by atoms with Gasteiger partial charge in [-0.1, -0.05) is 11.2 Å². The highest BCUT2D eigenvalue weighted by Gasteiger charge is 2.27. The third-order valence-electron chi connectivity index (χ3n) is 5.15. The molecule has 30 heavy (non-hydrogen) atoms. The highest BCUT2D eigenvalue weighted by molar-refractivity contribution is 5.77. The highest BCUT2D eigenvalue weighted by Crippen LogP contribution is 2.29. The van der Waals surface area contributed by atoms with Gasteiger partial charge in [-0.05, 0) is 32.0 Å². The molecule has 3 aromatic rings. The van der Waals surface area contributed by atoms with Crippen LogP contribution >= 0.6 is 0 Å². The number of carbonyl (C=O) groups is 1. The molecule has 9 nitrogen and oxygen atoms in total. The van der Waals surface area contributed by atoms with Crippen molar-refractivity contribution in [2.75, 3.05) is 19.0 Å². The van der Waals surface area contributed by atoms with Gasteiger partial charge in [-0.15, -0.1) is 0 Å². The van der Waals surface area contributed by atoms with E-state index in [0.717, 1.165) is 22.8 Å². The average molecular weight is 409 g/mol. The predicted molar refractivity (Wildman–Crippen MR) is 110 cm³/mol. The number of nitrogens with zero attached hydrogens (tertiary/aromatic N) is 4. The van der Waals surface area contributed by atoms with Crippen LogP contribution in [0.3, 0.4) is 0 Å². The molecule has 0 saturated heterocycles. The zero-order valence-electron chi connectivity index (χ0n) is 17.1. The molecule has 0 atom stereocenters. The molecule has 0 spiro atoms. The summed E-state index contributed by atoms with van der Waals surface area (Å²) in [6, 6.07) is 9.27. The van der Waals surface area contributed by atoms with Crippen molar-refractivity contribution >= 4 is 17.4 Å². The topological polar surface area (TPSA) is 102 Å². The van der Waals surface area contributed by atoms with Gasteiger partial charge in [-0.2, -0.15) is 4.98 Å². The van der Waals surface area contributed by atoms with Crippen LogP contribution < -0.4 is 15.7 Å². The Labute approximate surface area is 173 Å². The van der Waals surface area contributed by atoms with Gasteiger partial charge in [0.1, 0.15) is 18.1 Å². The molecular weight excluding hydrogens is 386 g/mol. The Morgan fingerprint density at radius 2 is 2.13 bits per heavy atom. The molecule has 0 radical (unpaired) electrons. The van der Waals surface area contributed by atoms with Crippen molar-refractivity contribution in [3.63, 3.8) is 0 Å². The first-order valence-corrected chi connectivity index (χ1v) is 9.66. The van der Waals surface area contributed by atoms with Gasteiger partial charge in [-0.25, -0.2) is 4.79 Å². The number of rotatable bonds is 5. The van der Waals surface area contributed by atoms with Crippen molar-refractivity contribution in [3.8, 4) is 5.75 Å². The van der Waals surface area contributed by atoms with E-state index < -0.39 is 5.69 Å². The lowest BCUT2D eigenvalue weighted by molar-refractivity contribution is -0.132. The molecule has 0 aliphatic carbocycles. The second-order valence-corrected chi connectivity index (χ2v) is 7.26. The second-order valence-electron chi connectivity index (χ2n) is 7.26. The van der Waals surface area contributed by atoms with Gasteiger partial charge >= 0.3 is 5.69 Å². The molecule has 1 aromatic carbocycles. The standard InChI is InChI=1S/C21H23N5O4/c1-13-9-14(2)26(21(28)22-13)12-19(27)25-8-7-18-17(11-25)20(24-30-18)23-15-5-4-6-16(10-15)29-3/h4-6,9-10H,7-8,11-12H2,1-3H3,(H,23,24). The maximum absolute atomic E-state index is 12.9. The fraction of sp³-hybridized carbons (Fsp3) is 0.333. The first-order chi connectivity index (χ1) is 14.4. The van der Waals surface area contributed by atoms with Crippen LogP contribution in [0.1, 0.15) is 22.7 Å². The molecule has 1 aliphatic heterocycles. The third kappa shape index (κ3) is 3.91. The molecule has 3 heterocycles. The minimum absolute atomic E-state index is 0.0444. The molecule has 0 unspecified atom stereocenters. The molecule has 0 saturated carbocycles. The smallest absolute Gasteiger partial charge is 0.348 e. The maximum Gasteiger partial charge on any atom is 0.348 e. The summed E-state index contributed by atoms with van der Waals surface area (Å²) in [5.74, 6) is 1.91. The Kier molecular flexibility index (Phi) is 5.26. The van der Waals surface area contributed by atoms with E-state index in [1.807, 2.05) is 24.3 Å². The van der Waals surface area contributed by atoms with E-state index >= 15 is 0 Å². The number of nitrogens with one attached hydrogen (secondary N) is 1. The van der Waals surface area contributed by atoms with Crippen molar-refractivity contribution in [2.24, 2.45) is 0 Å². The molecule has 0 fully saturated rings. The Hall–Kier alpha value is -3.62. The zero-order valence-corrected chi connectivity index (χ0v) is 17.1. The lowest BCUT2D eigenvalue weighted by atomic mass is 10.1. The normalized spacial score (nSPS) is 13.1. The van der Waals surface area contributed by atoms with Crippen LogP contribution in [-0.2, 0) is 24.3 Å². The number of ether oxygens (including phenoxy) is 1. The summed E-state index contributed by atoms with van der Waals surface area (Å²) in [5, 5.41) is 7.37. The van der Waals surface area contributed by atoms with Crippen LogP contribution in [0.5, 0.6) is 5.75 Å². The van der Waals surface area contributed by atoms with E-state index in [1.165, 1.54) is 4.57 Å². The number of anilines is 2. The molecule has 0 bridgehead atoms. The van der Waals surface area contributed by atoms with E-state index in [1.54, 1.807) is 31.9 Å². The van der Waals surface area contributed by atoms with Crippen molar-refractivity contribution in [2.45, 2.75) is 33.4 Å². The van der Waals surface area contributed by atoms with Crippen molar-refractivity contribution in [3.05, 3.63) is 63.5 Å². The van der Waals surface area contributed by atoms with E-state index in [-0.39, 0.29) is 12.5 Å². The van der Waals surface area contributed by atoms with Crippen LogP contribution in [0.4, 0.5) is 11.5 Å². The minimum atomic E-state index is -0.413. The van der Waals surface area contributed by atoms with Crippen LogP contribution in [0.2, 0.25) is 0 Å². The number of hydrogen-bond acceptors (Lipinski definition) is 7.